The summed E-state index contributed by atoms with van der Waals surface area (Å²) in [5, 5.41) is 17.3. The Kier molecular flexibility index (Phi) is 4.95. The molecule has 0 aliphatic rings. The molecule has 7 heteroatoms. The molecule has 5 nitrogen and oxygen atoms in total. The molecular formula is C15H14ClN3O2S. The fourth-order valence-corrected chi connectivity index (χ4v) is 2.32. The van der Waals surface area contributed by atoms with Crippen LogP contribution in [0.3, 0.4) is 0 Å². The summed E-state index contributed by atoms with van der Waals surface area (Å²) in [6.45, 7) is 4.02. The van der Waals surface area contributed by atoms with E-state index < -0.39 is 4.92 Å². The van der Waals surface area contributed by atoms with Gasteiger partial charge in [-0.15, -0.1) is 0 Å². The lowest BCUT2D eigenvalue weighted by Crippen LogP contribution is -2.20. The standard InChI is InChI=1S/C15H14ClN3O2S/c1-9-4-3-5-13(10(9)2)17-15(22)18-14-7-6-11(19(20)21)8-12(14)16/h3-8H,1-2H3,(H2,17,18,22). The molecular weight excluding hydrogens is 322 g/mol. The van der Waals surface area contributed by atoms with Gasteiger partial charge in [0.25, 0.3) is 5.69 Å². The first-order valence-electron chi connectivity index (χ1n) is 6.46. The maximum Gasteiger partial charge on any atom is 0.271 e. The fraction of sp³-hybridized carbons (Fsp3) is 0.133. The van der Waals surface area contributed by atoms with Crippen LogP contribution in [0.2, 0.25) is 5.02 Å². The van der Waals surface area contributed by atoms with E-state index in [0.29, 0.717) is 10.8 Å². The van der Waals surface area contributed by atoms with Crippen molar-refractivity contribution >= 4 is 46.0 Å². The number of aryl methyl sites for hydroxylation is 1. The van der Waals surface area contributed by atoms with E-state index >= 15 is 0 Å². The van der Waals surface area contributed by atoms with Crippen molar-refractivity contribution < 1.29 is 4.92 Å². The van der Waals surface area contributed by atoms with Gasteiger partial charge in [-0.2, -0.15) is 0 Å². The average molecular weight is 336 g/mol. The van der Waals surface area contributed by atoms with E-state index in [0.717, 1.165) is 16.8 Å². The van der Waals surface area contributed by atoms with E-state index in [2.05, 4.69) is 10.6 Å². The SMILES string of the molecule is Cc1cccc(NC(=S)Nc2ccc([N+](=O)[O-])cc2Cl)c1C. The molecule has 0 unspecified atom stereocenters. The normalized spacial score (nSPS) is 10.1. The molecule has 2 aromatic rings. The lowest BCUT2D eigenvalue weighted by Gasteiger charge is -2.14. The second-order valence-corrected chi connectivity index (χ2v) is 5.56. The van der Waals surface area contributed by atoms with Gasteiger partial charge in [0.2, 0.25) is 0 Å². The van der Waals surface area contributed by atoms with E-state index in [4.69, 9.17) is 23.8 Å². The van der Waals surface area contributed by atoms with E-state index in [1.54, 1.807) is 0 Å². The number of nitro groups is 1. The Morgan fingerprint density at radius 2 is 1.86 bits per heavy atom. The summed E-state index contributed by atoms with van der Waals surface area (Å²) >= 11 is 11.3. The van der Waals surface area contributed by atoms with Crippen LogP contribution >= 0.6 is 23.8 Å². The van der Waals surface area contributed by atoms with Crippen LogP contribution in [0.15, 0.2) is 36.4 Å². The molecule has 0 heterocycles. The lowest BCUT2D eigenvalue weighted by molar-refractivity contribution is -0.384. The number of nitrogens with zero attached hydrogens (tertiary/aromatic N) is 1. The molecule has 2 aromatic carbocycles. The Labute approximate surface area is 138 Å². The minimum Gasteiger partial charge on any atom is -0.332 e. The minimum absolute atomic E-state index is 0.0658. The van der Waals surface area contributed by atoms with Crippen molar-refractivity contribution in [2.75, 3.05) is 10.6 Å². The molecule has 0 aliphatic carbocycles. The monoisotopic (exact) mass is 335 g/mol. The number of anilines is 2. The number of nitro benzene ring substituents is 1. The molecule has 0 saturated carbocycles. The summed E-state index contributed by atoms with van der Waals surface area (Å²) < 4.78 is 0. The minimum atomic E-state index is -0.498. The molecule has 114 valence electrons. The first-order valence-corrected chi connectivity index (χ1v) is 7.25. The number of thiocarbonyl (C=S) groups is 1. The molecule has 0 aliphatic heterocycles. The van der Waals surface area contributed by atoms with Crippen LogP contribution in [0.25, 0.3) is 0 Å². The first-order chi connectivity index (χ1) is 10.4. The van der Waals surface area contributed by atoms with Gasteiger partial charge in [0.05, 0.1) is 15.6 Å². The predicted octanol–water partition coefficient (Wildman–Crippen LogP) is 4.67. The van der Waals surface area contributed by atoms with Gasteiger partial charge in [-0.3, -0.25) is 10.1 Å². The Bertz CT molecular complexity index is 750. The van der Waals surface area contributed by atoms with Gasteiger partial charge in [-0.05, 0) is 49.3 Å². The molecule has 0 aromatic heterocycles. The van der Waals surface area contributed by atoms with E-state index in [-0.39, 0.29) is 10.7 Å². The molecule has 22 heavy (non-hydrogen) atoms. The van der Waals surface area contributed by atoms with Crippen LogP contribution in [0.4, 0.5) is 17.1 Å². The Morgan fingerprint density at radius 1 is 1.18 bits per heavy atom. The summed E-state index contributed by atoms with van der Waals surface area (Å²) in [7, 11) is 0. The number of rotatable bonds is 3. The quantitative estimate of drug-likeness (QED) is 0.484. The molecule has 0 saturated heterocycles. The molecule has 0 radical (unpaired) electrons. The van der Waals surface area contributed by atoms with Crippen molar-refractivity contribution in [2.45, 2.75) is 13.8 Å². The third-order valence-electron chi connectivity index (χ3n) is 3.26. The number of nitrogens with one attached hydrogen (secondary N) is 2. The number of hydrogen-bond donors (Lipinski definition) is 2. The zero-order chi connectivity index (χ0) is 16.3. The first kappa shape index (κ1) is 16.2. The van der Waals surface area contributed by atoms with Crippen LogP contribution < -0.4 is 10.6 Å². The van der Waals surface area contributed by atoms with Crippen molar-refractivity contribution in [3.8, 4) is 0 Å². The van der Waals surface area contributed by atoms with Crippen molar-refractivity contribution in [3.63, 3.8) is 0 Å². The number of benzene rings is 2. The third-order valence-corrected chi connectivity index (χ3v) is 3.78. The summed E-state index contributed by atoms with van der Waals surface area (Å²) in [6.07, 6.45) is 0. The van der Waals surface area contributed by atoms with Gasteiger partial charge >= 0.3 is 0 Å². The second kappa shape index (κ2) is 6.72. The summed E-state index contributed by atoms with van der Waals surface area (Å²) in [5.74, 6) is 0. The van der Waals surface area contributed by atoms with E-state index in [9.17, 15) is 10.1 Å². The number of hydrogen-bond acceptors (Lipinski definition) is 3. The van der Waals surface area contributed by atoms with Gasteiger partial charge in [0.1, 0.15) is 0 Å². The topological polar surface area (TPSA) is 67.2 Å². The number of halogens is 1. The smallest absolute Gasteiger partial charge is 0.271 e. The Morgan fingerprint density at radius 3 is 2.50 bits per heavy atom. The fourth-order valence-electron chi connectivity index (χ4n) is 1.88. The maximum absolute atomic E-state index is 10.7. The second-order valence-electron chi connectivity index (χ2n) is 4.75. The van der Waals surface area contributed by atoms with Crippen LogP contribution in [-0.4, -0.2) is 10.0 Å². The molecule has 0 bridgehead atoms. The molecule has 0 fully saturated rings. The van der Waals surface area contributed by atoms with Crippen LogP contribution in [0, 0.1) is 24.0 Å². The lowest BCUT2D eigenvalue weighted by atomic mass is 10.1. The molecule has 2 N–H and O–H groups in total. The molecule has 2 rings (SSSR count). The predicted molar refractivity (Wildman–Crippen MR) is 93.9 cm³/mol. The summed E-state index contributed by atoms with van der Waals surface area (Å²) in [4.78, 5) is 10.2. The van der Waals surface area contributed by atoms with Gasteiger partial charge in [-0.25, -0.2) is 0 Å². The van der Waals surface area contributed by atoms with Crippen molar-refractivity contribution in [2.24, 2.45) is 0 Å². The molecule has 0 atom stereocenters. The zero-order valence-corrected chi connectivity index (χ0v) is 13.6. The molecule has 0 amide bonds. The van der Waals surface area contributed by atoms with Crippen LogP contribution in [-0.2, 0) is 0 Å². The average Bonchev–Trinajstić information content (AvgIpc) is 2.46. The van der Waals surface area contributed by atoms with Crippen molar-refractivity contribution in [3.05, 3.63) is 62.7 Å². The van der Waals surface area contributed by atoms with Crippen molar-refractivity contribution in [1.82, 2.24) is 0 Å². The highest BCUT2D eigenvalue weighted by atomic mass is 35.5. The Balaban J connectivity index is 2.12. The maximum atomic E-state index is 10.7. The molecule has 0 spiro atoms. The number of non-ortho nitro benzene ring substituents is 1. The Hall–Kier alpha value is -2.18. The summed E-state index contributed by atoms with van der Waals surface area (Å²) in [5.41, 5.74) is 3.59. The van der Waals surface area contributed by atoms with Crippen LogP contribution in [0.1, 0.15) is 11.1 Å². The highest BCUT2D eigenvalue weighted by Gasteiger charge is 2.10. The van der Waals surface area contributed by atoms with Crippen LogP contribution in [0.5, 0.6) is 0 Å². The highest BCUT2D eigenvalue weighted by molar-refractivity contribution is 7.80. The van der Waals surface area contributed by atoms with Gasteiger partial charge < -0.3 is 10.6 Å². The van der Waals surface area contributed by atoms with E-state index in [1.165, 1.54) is 18.2 Å². The van der Waals surface area contributed by atoms with E-state index in [1.807, 2.05) is 32.0 Å². The van der Waals surface area contributed by atoms with Crippen molar-refractivity contribution in [1.29, 1.82) is 0 Å². The summed E-state index contributed by atoms with van der Waals surface area (Å²) in [6, 6.07) is 10.1. The largest absolute Gasteiger partial charge is 0.332 e. The third kappa shape index (κ3) is 3.72. The van der Waals surface area contributed by atoms with Gasteiger partial charge in [0.15, 0.2) is 5.11 Å². The van der Waals surface area contributed by atoms with Gasteiger partial charge in [-0.1, -0.05) is 23.7 Å². The highest BCUT2D eigenvalue weighted by Crippen LogP contribution is 2.27. The van der Waals surface area contributed by atoms with Gasteiger partial charge in [0, 0.05) is 17.8 Å². The zero-order valence-electron chi connectivity index (χ0n) is 12.0.